The quantitative estimate of drug-likeness (QED) is 0.478. The van der Waals surface area contributed by atoms with E-state index in [0.29, 0.717) is 39.9 Å². The van der Waals surface area contributed by atoms with Crippen LogP contribution in [0.5, 0.6) is 0 Å². The van der Waals surface area contributed by atoms with Gasteiger partial charge in [0, 0.05) is 36.8 Å². The van der Waals surface area contributed by atoms with Gasteiger partial charge >= 0.3 is 0 Å². The number of hydrogen-bond donors (Lipinski definition) is 2. The van der Waals surface area contributed by atoms with Gasteiger partial charge in [0.25, 0.3) is 0 Å². The van der Waals surface area contributed by atoms with Crippen LogP contribution >= 0.6 is 27.5 Å². The lowest BCUT2D eigenvalue weighted by Gasteiger charge is -2.30. The zero-order valence-corrected chi connectivity index (χ0v) is 22.6. The van der Waals surface area contributed by atoms with Gasteiger partial charge in [-0.05, 0) is 59.0 Å². The van der Waals surface area contributed by atoms with Crippen molar-refractivity contribution < 1.29 is 14.3 Å². The number of fused-ring (bicyclic) bond motifs is 1. The zero-order chi connectivity index (χ0) is 25.6. The van der Waals surface area contributed by atoms with E-state index in [2.05, 4.69) is 36.6 Å². The molecule has 36 heavy (non-hydrogen) atoms. The molecule has 3 aromatic rings. The van der Waals surface area contributed by atoms with Crippen molar-refractivity contribution in [2.45, 2.75) is 38.3 Å². The van der Waals surface area contributed by atoms with Crippen LogP contribution in [0, 0.1) is 5.41 Å². The Morgan fingerprint density at radius 2 is 2.14 bits per heavy atom. The van der Waals surface area contributed by atoms with Crippen molar-refractivity contribution in [2.24, 2.45) is 5.41 Å². The number of halogens is 2. The number of nitrogens with one attached hydrogen (secondary N) is 2. The van der Waals surface area contributed by atoms with Gasteiger partial charge in [0.05, 0.1) is 17.6 Å². The molecule has 1 aliphatic heterocycles. The maximum Gasteiger partial charge on any atom is 0.248 e. The third-order valence-electron chi connectivity index (χ3n) is 7.02. The van der Waals surface area contributed by atoms with Crippen molar-refractivity contribution >= 4 is 56.3 Å². The van der Waals surface area contributed by atoms with Crippen molar-refractivity contribution in [3.8, 4) is 5.69 Å². The molecule has 0 radical (unpaired) electrons. The highest BCUT2D eigenvalue weighted by molar-refractivity contribution is 9.10. The predicted octanol–water partition coefficient (Wildman–Crippen LogP) is 3.48. The van der Waals surface area contributed by atoms with Gasteiger partial charge in [0.1, 0.15) is 17.3 Å². The van der Waals surface area contributed by atoms with Gasteiger partial charge in [-0.2, -0.15) is 10.1 Å². The molecule has 1 unspecified atom stereocenters. The SMILES string of the molecule is CNC(=O)[C@]1(C)CC[C@@H](Nc2ncc3c(Br)nn(-c4cc(Cl)cc(C5CN(C)C(=O)CO5)c4)c3n2)C1. The molecule has 1 aromatic carbocycles. The van der Waals surface area contributed by atoms with Crippen LogP contribution in [-0.4, -0.2) is 69.8 Å². The summed E-state index contributed by atoms with van der Waals surface area (Å²) in [5.74, 6) is 0.477. The number of aromatic nitrogens is 4. The monoisotopic (exact) mass is 575 g/mol. The number of nitrogens with zero attached hydrogens (tertiary/aromatic N) is 5. The zero-order valence-electron chi connectivity index (χ0n) is 20.2. The van der Waals surface area contributed by atoms with E-state index in [1.165, 1.54) is 0 Å². The minimum Gasteiger partial charge on any atom is -0.362 e. The topological polar surface area (TPSA) is 114 Å². The number of carbonyl (C=O) groups excluding carboxylic acids is 2. The van der Waals surface area contributed by atoms with Crippen molar-refractivity contribution in [1.82, 2.24) is 30.0 Å². The fraction of sp³-hybridized carbons (Fsp3) is 0.458. The largest absolute Gasteiger partial charge is 0.362 e. The summed E-state index contributed by atoms with van der Waals surface area (Å²) >= 11 is 10.0. The molecule has 12 heteroatoms. The van der Waals surface area contributed by atoms with E-state index in [1.54, 1.807) is 29.9 Å². The number of morpholine rings is 1. The number of hydrogen-bond acceptors (Lipinski definition) is 7. The minimum absolute atomic E-state index is 0.0294. The Kier molecular flexibility index (Phi) is 6.65. The van der Waals surface area contributed by atoms with Crippen molar-refractivity contribution in [3.05, 3.63) is 39.6 Å². The van der Waals surface area contributed by atoms with Crippen molar-refractivity contribution in [2.75, 3.05) is 32.6 Å². The van der Waals surface area contributed by atoms with E-state index in [-0.39, 0.29) is 30.6 Å². The van der Waals surface area contributed by atoms with E-state index in [9.17, 15) is 9.59 Å². The molecule has 2 amide bonds. The number of ether oxygens (including phenoxy) is 1. The number of rotatable bonds is 5. The summed E-state index contributed by atoms with van der Waals surface area (Å²) in [5, 5.41) is 12.1. The molecule has 190 valence electrons. The summed E-state index contributed by atoms with van der Waals surface area (Å²) in [6.45, 7) is 2.46. The normalized spacial score (nSPS) is 24.4. The Balaban J connectivity index is 1.45. The third kappa shape index (κ3) is 4.67. The molecule has 10 nitrogen and oxygen atoms in total. The first kappa shape index (κ1) is 24.9. The fourth-order valence-corrected chi connectivity index (χ4v) is 5.64. The van der Waals surface area contributed by atoms with Crippen LogP contribution in [0.4, 0.5) is 5.95 Å². The lowest BCUT2D eigenvalue weighted by atomic mass is 9.87. The first-order valence-corrected chi connectivity index (χ1v) is 12.9. The number of benzene rings is 1. The summed E-state index contributed by atoms with van der Waals surface area (Å²) in [6.07, 6.45) is 3.78. The van der Waals surface area contributed by atoms with Crippen LogP contribution in [-0.2, 0) is 14.3 Å². The average molecular weight is 577 g/mol. The molecule has 2 aromatic heterocycles. The fourth-order valence-electron chi connectivity index (χ4n) is 4.96. The number of anilines is 1. The minimum atomic E-state index is -0.404. The van der Waals surface area contributed by atoms with E-state index >= 15 is 0 Å². The van der Waals surface area contributed by atoms with Gasteiger partial charge in [0.2, 0.25) is 17.8 Å². The van der Waals surface area contributed by atoms with Gasteiger partial charge in [-0.1, -0.05) is 18.5 Å². The number of likely N-dealkylation sites (N-methyl/N-ethyl adjacent to an activating group) is 1. The van der Waals surface area contributed by atoms with Gasteiger partial charge in [-0.3, -0.25) is 9.59 Å². The highest BCUT2D eigenvalue weighted by Gasteiger charge is 2.41. The van der Waals surface area contributed by atoms with Crippen LogP contribution in [0.2, 0.25) is 5.02 Å². The summed E-state index contributed by atoms with van der Waals surface area (Å²) in [5.41, 5.74) is 1.77. The van der Waals surface area contributed by atoms with Crippen LogP contribution < -0.4 is 10.6 Å². The van der Waals surface area contributed by atoms with Crippen LogP contribution in [0.1, 0.15) is 37.9 Å². The van der Waals surface area contributed by atoms with E-state index in [4.69, 9.17) is 21.3 Å². The molecule has 2 aliphatic rings. The van der Waals surface area contributed by atoms with E-state index < -0.39 is 5.41 Å². The Labute approximate surface area is 221 Å². The lowest BCUT2D eigenvalue weighted by molar-refractivity contribution is -0.147. The molecule has 2 N–H and O–H groups in total. The molecular formula is C24H27BrClN7O3. The Hall–Kier alpha value is -2.76. The first-order chi connectivity index (χ1) is 17.2. The molecule has 3 heterocycles. The Bertz CT molecular complexity index is 1350. The van der Waals surface area contributed by atoms with Gasteiger partial charge in [0.15, 0.2) is 5.65 Å². The molecule has 0 spiro atoms. The molecule has 1 aliphatic carbocycles. The summed E-state index contributed by atoms with van der Waals surface area (Å²) in [4.78, 5) is 35.0. The van der Waals surface area contributed by atoms with Gasteiger partial charge < -0.3 is 20.3 Å². The summed E-state index contributed by atoms with van der Waals surface area (Å²) in [6, 6.07) is 5.68. The molecule has 1 saturated heterocycles. The second kappa shape index (κ2) is 9.60. The average Bonchev–Trinajstić information content (AvgIpc) is 3.40. The standard InChI is InChI=1S/C24H27BrClN7O3/c1-24(22(35)27-2)5-4-15(9-24)29-23-28-10-17-20(25)31-33(21(17)30-23)16-7-13(6-14(26)8-16)18-11-32(3)19(34)12-36-18/h6-8,10,15,18H,4-5,9,11-12H2,1-3H3,(H,27,35)(H,28,29,30)/t15-,18?,24-/m1/s1. The van der Waals surface area contributed by atoms with Crippen LogP contribution in [0.3, 0.4) is 0 Å². The molecule has 5 rings (SSSR count). The van der Waals surface area contributed by atoms with Crippen molar-refractivity contribution in [1.29, 1.82) is 0 Å². The lowest BCUT2D eigenvalue weighted by Crippen LogP contribution is -2.40. The van der Waals surface area contributed by atoms with Crippen LogP contribution in [0.25, 0.3) is 16.7 Å². The maximum absolute atomic E-state index is 12.3. The highest BCUT2D eigenvalue weighted by atomic mass is 79.9. The Morgan fingerprint density at radius 3 is 2.89 bits per heavy atom. The van der Waals surface area contributed by atoms with E-state index in [1.807, 2.05) is 25.1 Å². The first-order valence-electron chi connectivity index (χ1n) is 11.7. The molecular weight excluding hydrogens is 550 g/mol. The summed E-state index contributed by atoms with van der Waals surface area (Å²) < 4.78 is 8.09. The van der Waals surface area contributed by atoms with Crippen LogP contribution in [0.15, 0.2) is 29.0 Å². The predicted molar refractivity (Wildman–Crippen MR) is 139 cm³/mol. The number of amides is 2. The summed E-state index contributed by atoms with van der Waals surface area (Å²) in [7, 11) is 3.43. The van der Waals surface area contributed by atoms with E-state index in [0.717, 1.165) is 23.8 Å². The van der Waals surface area contributed by atoms with Gasteiger partial charge in [-0.15, -0.1) is 0 Å². The molecule has 0 bridgehead atoms. The highest BCUT2D eigenvalue weighted by Crippen LogP contribution is 2.39. The van der Waals surface area contributed by atoms with Gasteiger partial charge in [-0.25, -0.2) is 9.67 Å². The Morgan fingerprint density at radius 1 is 1.33 bits per heavy atom. The smallest absolute Gasteiger partial charge is 0.248 e. The molecule has 3 atom stereocenters. The third-order valence-corrected chi connectivity index (χ3v) is 7.83. The second-order valence-corrected chi connectivity index (χ2v) is 10.9. The maximum atomic E-state index is 12.3. The molecule has 2 fully saturated rings. The number of carbonyl (C=O) groups is 2. The second-order valence-electron chi connectivity index (χ2n) is 9.67. The molecule has 1 saturated carbocycles. The van der Waals surface area contributed by atoms with Crippen molar-refractivity contribution in [3.63, 3.8) is 0 Å².